The number of fused-ring (bicyclic) bond motifs is 2. The van der Waals surface area contributed by atoms with E-state index in [2.05, 4.69) is 16.9 Å². The minimum Gasteiger partial charge on any atom is -0.465 e. The fourth-order valence-electron chi connectivity index (χ4n) is 5.04. The van der Waals surface area contributed by atoms with Gasteiger partial charge in [0.25, 0.3) is 5.91 Å². The molecule has 0 saturated carbocycles. The van der Waals surface area contributed by atoms with Crippen LogP contribution in [0.4, 0.5) is 0 Å². The van der Waals surface area contributed by atoms with E-state index in [1.807, 2.05) is 18.0 Å². The number of nitrogens with zero attached hydrogens (tertiary/aromatic N) is 4. The van der Waals surface area contributed by atoms with Crippen LogP contribution in [0.25, 0.3) is 0 Å². The Kier molecular flexibility index (Phi) is 4.46. The lowest BCUT2D eigenvalue weighted by Gasteiger charge is -2.29. The zero-order valence-corrected chi connectivity index (χ0v) is 16.8. The zero-order valence-electron chi connectivity index (χ0n) is 16.8. The summed E-state index contributed by atoms with van der Waals surface area (Å²) in [4.78, 5) is 27.1. The Balaban J connectivity index is 1.38. The molecule has 0 radical (unpaired) electrons. The van der Waals surface area contributed by atoms with Crippen LogP contribution in [0.5, 0.6) is 0 Å². The van der Waals surface area contributed by atoms with Crippen molar-refractivity contribution in [2.45, 2.75) is 64.5 Å². The lowest BCUT2D eigenvalue weighted by atomic mass is 9.93. The van der Waals surface area contributed by atoms with Gasteiger partial charge in [0.1, 0.15) is 17.3 Å². The Morgan fingerprint density at radius 2 is 2.04 bits per heavy atom. The van der Waals surface area contributed by atoms with Gasteiger partial charge in [-0.25, -0.2) is 9.97 Å². The summed E-state index contributed by atoms with van der Waals surface area (Å²) in [6.45, 7) is 4.34. The second-order valence-electron chi connectivity index (χ2n) is 8.46. The third kappa shape index (κ3) is 2.94. The summed E-state index contributed by atoms with van der Waals surface area (Å²) in [7, 11) is 2.15. The molecule has 1 aliphatic carbocycles. The van der Waals surface area contributed by atoms with E-state index < -0.39 is 0 Å². The molecule has 2 aromatic rings. The van der Waals surface area contributed by atoms with Crippen LogP contribution >= 0.6 is 0 Å². The quantitative estimate of drug-likeness (QED) is 0.800. The number of hydrogen-bond donors (Lipinski definition) is 0. The summed E-state index contributed by atoms with van der Waals surface area (Å²) in [6, 6.07) is 0.338. The normalized spacial score (nSPS) is 22.2. The van der Waals surface area contributed by atoms with Crippen LogP contribution in [-0.4, -0.2) is 45.8 Å². The second-order valence-corrected chi connectivity index (χ2v) is 8.46. The average molecular weight is 380 g/mol. The molecule has 0 spiro atoms. The predicted octanol–water partition coefficient (Wildman–Crippen LogP) is 3.22. The van der Waals surface area contributed by atoms with Crippen LogP contribution in [0.15, 0.2) is 10.6 Å². The fraction of sp³-hybridized carbons (Fsp3) is 0.591. The molecule has 0 bridgehead atoms. The van der Waals surface area contributed by atoms with Gasteiger partial charge in [-0.05, 0) is 52.6 Å². The Morgan fingerprint density at radius 1 is 1.18 bits per heavy atom. The predicted molar refractivity (Wildman–Crippen MR) is 105 cm³/mol. The maximum atomic E-state index is 13.3. The number of aryl methyl sites for hydroxylation is 2. The van der Waals surface area contributed by atoms with Gasteiger partial charge >= 0.3 is 0 Å². The van der Waals surface area contributed by atoms with Crippen LogP contribution in [0.1, 0.15) is 76.2 Å². The van der Waals surface area contributed by atoms with Gasteiger partial charge in [-0.15, -0.1) is 0 Å². The van der Waals surface area contributed by atoms with Crippen molar-refractivity contribution >= 4 is 5.91 Å². The lowest BCUT2D eigenvalue weighted by Crippen LogP contribution is -2.37. The van der Waals surface area contributed by atoms with Crippen LogP contribution in [0.2, 0.25) is 0 Å². The number of hydrogen-bond acceptors (Lipinski definition) is 5. The first kappa shape index (κ1) is 17.9. The van der Waals surface area contributed by atoms with E-state index in [9.17, 15) is 4.79 Å². The highest BCUT2D eigenvalue weighted by molar-refractivity contribution is 5.97. The van der Waals surface area contributed by atoms with Crippen LogP contribution in [0.3, 0.4) is 0 Å². The Labute approximate surface area is 165 Å². The van der Waals surface area contributed by atoms with E-state index in [1.165, 1.54) is 6.42 Å². The van der Waals surface area contributed by atoms with Gasteiger partial charge in [0.05, 0.1) is 17.3 Å². The van der Waals surface area contributed by atoms with Crippen molar-refractivity contribution in [2.75, 3.05) is 20.1 Å². The second kappa shape index (κ2) is 6.99. The first-order valence-electron chi connectivity index (χ1n) is 10.6. The molecule has 1 atom stereocenters. The summed E-state index contributed by atoms with van der Waals surface area (Å²) < 4.78 is 5.92. The molecule has 5 rings (SSSR count). The molecule has 1 fully saturated rings. The molecule has 1 saturated heterocycles. The summed E-state index contributed by atoms with van der Waals surface area (Å²) in [6.07, 6.45) is 9.29. The van der Waals surface area contributed by atoms with E-state index in [-0.39, 0.29) is 5.91 Å². The maximum absolute atomic E-state index is 13.3. The van der Waals surface area contributed by atoms with Gasteiger partial charge in [-0.2, -0.15) is 0 Å². The molecule has 0 aromatic carbocycles. The van der Waals surface area contributed by atoms with Gasteiger partial charge in [-0.1, -0.05) is 0 Å². The van der Waals surface area contributed by atoms with E-state index in [4.69, 9.17) is 9.40 Å². The average Bonchev–Trinajstić information content (AvgIpc) is 3.28. The summed E-state index contributed by atoms with van der Waals surface area (Å²) >= 11 is 0. The van der Waals surface area contributed by atoms with Gasteiger partial charge in [-0.3, -0.25) is 9.69 Å². The standard InChI is InChI=1S/C22H28N4O2/c1-14-20(16-6-3-4-8-19(16)28-14)22(27)26-11-9-17-15(13-26)12-23-21(24-17)18-7-5-10-25(18)2/h12,18H,3-11,13H2,1-2H3/t18-/m1/s1. The third-order valence-electron chi connectivity index (χ3n) is 6.62. The SMILES string of the molecule is Cc1oc2c(c1C(=O)N1CCc3nc([C@H]4CCCN4C)ncc3C1)CCCC2. The third-order valence-corrected chi connectivity index (χ3v) is 6.62. The summed E-state index contributed by atoms with van der Waals surface area (Å²) in [5.41, 5.74) is 4.15. The first-order chi connectivity index (χ1) is 13.6. The number of carbonyl (C=O) groups excluding carboxylic acids is 1. The van der Waals surface area contributed by atoms with Crippen molar-refractivity contribution in [3.63, 3.8) is 0 Å². The topological polar surface area (TPSA) is 62.5 Å². The minimum absolute atomic E-state index is 0.106. The summed E-state index contributed by atoms with van der Waals surface area (Å²) in [5, 5.41) is 0. The molecule has 2 aromatic heterocycles. The number of rotatable bonds is 2. The Morgan fingerprint density at radius 3 is 2.86 bits per heavy atom. The van der Waals surface area contributed by atoms with Gasteiger partial charge in [0, 0.05) is 43.3 Å². The molecule has 0 N–H and O–H groups in total. The molecule has 2 aliphatic heterocycles. The van der Waals surface area contributed by atoms with E-state index in [0.29, 0.717) is 19.1 Å². The lowest BCUT2D eigenvalue weighted by molar-refractivity contribution is 0.0730. The molecule has 148 valence electrons. The van der Waals surface area contributed by atoms with Crippen molar-refractivity contribution in [3.8, 4) is 0 Å². The number of amides is 1. The van der Waals surface area contributed by atoms with E-state index in [0.717, 1.165) is 84.8 Å². The van der Waals surface area contributed by atoms with Crippen LogP contribution in [-0.2, 0) is 25.8 Å². The molecule has 28 heavy (non-hydrogen) atoms. The molecular formula is C22H28N4O2. The highest BCUT2D eigenvalue weighted by Gasteiger charge is 2.31. The first-order valence-corrected chi connectivity index (χ1v) is 10.6. The van der Waals surface area contributed by atoms with Crippen molar-refractivity contribution in [1.82, 2.24) is 19.8 Å². The van der Waals surface area contributed by atoms with E-state index >= 15 is 0 Å². The van der Waals surface area contributed by atoms with Gasteiger partial charge in [0.15, 0.2) is 0 Å². The van der Waals surface area contributed by atoms with Crippen molar-refractivity contribution in [2.24, 2.45) is 0 Å². The van der Waals surface area contributed by atoms with Crippen LogP contribution < -0.4 is 0 Å². The smallest absolute Gasteiger partial charge is 0.257 e. The van der Waals surface area contributed by atoms with Gasteiger partial charge < -0.3 is 9.32 Å². The monoisotopic (exact) mass is 380 g/mol. The van der Waals surface area contributed by atoms with Gasteiger partial charge in [0.2, 0.25) is 0 Å². The highest BCUT2D eigenvalue weighted by atomic mass is 16.3. The number of likely N-dealkylation sites (tertiary alicyclic amines) is 1. The zero-order chi connectivity index (χ0) is 19.3. The van der Waals surface area contributed by atoms with Crippen molar-refractivity contribution in [1.29, 1.82) is 0 Å². The fourth-order valence-corrected chi connectivity index (χ4v) is 5.04. The molecule has 0 unspecified atom stereocenters. The molecule has 4 heterocycles. The molecule has 6 heteroatoms. The minimum atomic E-state index is 0.106. The van der Waals surface area contributed by atoms with Crippen molar-refractivity contribution in [3.05, 3.63) is 45.9 Å². The Hall–Kier alpha value is -2.21. The number of furan rings is 1. The Bertz CT molecular complexity index is 920. The molecule has 6 nitrogen and oxygen atoms in total. The van der Waals surface area contributed by atoms with Crippen molar-refractivity contribution < 1.29 is 9.21 Å². The molecular weight excluding hydrogens is 352 g/mol. The summed E-state index contributed by atoms with van der Waals surface area (Å²) in [5.74, 6) is 2.85. The molecule has 3 aliphatic rings. The number of carbonyl (C=O) groups is 1. The highest BCUT2D eigenvalue weighted by Crippen LogP contribution is 2.32. The van der Waals surface area contributed by atoms with E-state index in [1.54, 1.807) is 0 Å². The molecule has 1 amide bonds. The number of aromatic nitrogens is 2. The van der Waals surface area contributed by atoms with Crippen LogP contribution in [0, 0.1) is 6.92 Å². The maximum Gasteiger partial charge on any atom is 0.257 e. The largest absolute Gasteiger partial charge is 0.465 e.